The van der Waals surface area contributed by atoms with Crippen LogP contribution in [-0.2, 0) is 0 Å². The lowest BCUT2D eigenvalue weighted by molar-refractivity contribution is 0.102. The molecule has 0 aromatic carbocycles. The predicted molar refractivity (Wildman–Crippen MR) is 75.8 cm³/mol. The molecule has 0 atom stereocenters. The van der Waals surface area contributed by atoms with Crippen molar-refractivity contribution in [1.29, 1.82) is 0 Å². The number of aromatic nitrogens is 3. The summed E-state index contributed by atoms with van der Waals surface area (Å²) >= 11 is 0. The zero-order chi connectivity index (χ0) is 13.8. The molecule has 0 aliphatic carbocycles. The van der Waals surface area contributed by atoms with Gasteiger partial charge in [-0.05, 0) is 36.4 Å². The summed E-state index contributed by atoms with van der Waals surface area (Å²) in [7, 11) is 0. The van der Waals surface area contributed by atoms with Crippen LogP contribution in [0, 0.1) is 0 Å². The number of carbonyl (C=O) groups is 1. The molecule has 0 aliphatic rings. The summed E-state index contributed by atoms with van der Waals surface area (Å²) in [6.07, 6.45) is 8.69. The summed E-state index contributed by atoms with van der Waals surface area (Å²) in [4.78, 5) is 20.2. The quantitative estimate of drug-likeness (QED) is 0.790. The van der Waals surface area contributed by atoms with Crippen molar-refractivity contribution in [3.8, 4) is 5.69 Å². The molecule has 5 nitrogen and oxygen atoms in total. The van der Waals surface area contributed by atoms with Crippen LogP contribution in [0.5, 0.6) is 0 Å². The second-order valence-corrected chi connectivity index (χ2v) is 4.19. The lowest BCUT2D eigenvalue weighted by Gasteiger charge is -2.06. The molecular formula is C15H12N4O. The van der Waals surface area contributed by atoms with Gasteiger partial charge in [-0.25, -0.2) is 0 Å². The monoisotopic (exact) mass is 264 g/mol. The van der Waals surface area contributed by atoms with E-state index in [0.717, 1.165) is 5.69 Å². The highest BCUT2D eigenvalue weighted by Gasteiger charge is 2.08. The molecule has 0 unspecified atom stereocenters. The van der Waals surface area contributed by atoms with Crippen LogP contribution in [0.25, 0.3) is 5.69 Å². The number of anilines is 1. The summed E-state index contributed by atoms with van der Waals surface area (Å²) in [5.74, 6) is -0.257. The van der Waals surface area contributed by atoms with Gasteiger partial charge in [0.05, 0.1) is 11.9 Å². The lowest BCUT2D eigenvalue weighted by Crippen LogP contribution is -2.14. The van der Waals surface area contributed by atoms with Crippen LogP contribution >= 0.6 is 0 Å². The zero-order valence-electron chi connectivity index (χ0n) is 10.6. The topological polar surface area (TPSA) is 59.8 Å². The van der Waals surface area contributed by atoms with Crippen LogP contribution in [0.4, 0.5) is 5.69 Å². The summed E-state index contributed by atoms with van der Waals surface area (Å²) in [6, 6.07) is 11.0. The second-order valence-electron chi connectivity index (χ2n) is 4.19. The third-order valence-corrected chi connectivity index (χ3v) is 2.80. The van der Waals surface area contributed by atoms with Gasteiger partial charge in [-0.2, -0.15) is 0 Å². The molecular weight excluding hydrogens is 252 g/mol. The molecule has 0 bridgehead atoms. The van der Waals surface area contributed by atoms with E-state index in [9.17, 15) is 4.79 Å². The first kappa shape index (κ1) is 12.1. The first-order valence-corrected chi connectivity index (χ1v) is 6.14. The maximum Gasteiger partial charge on any atom is 0.274 e. The maximum absolute atomic E-state index is 12.1. The first-order valence-electron chi connectivity index (χ1n) is 6.14. The molecule has 1 amide bonds. The van der Waals surface area contributed by atoms with Crippen LogP contribution in [0.1, 0.15) is 10.5 Å². The number of rotatable bonds is 3. The fourth-order valence-corrected chi connectivity index (χ4v) is 1.84. The van der Waals surface area contributed by atoms with Crippen molar-refractivity contribution in [3.05, 3.63) is 73.1 Å². The largest absolute Gasteiger partial charge is 0.324 e. The van der Waals surface area contributed by atoms with Gasteiger partial charge in [-0.1, -0.05) is 0 Å². The third-order valence-electron chi connectivity index (χ3n) is 2.80. The van der Waals surface area contributed by atoms with Crippen molar-refractivity contribution >= 4 is 11.6 Å². The Morgan fingerprint density at radius 1 is 1.10 bits per heavy atom. The molecule has 3 heterocycles. The smallest absolute Gasteiger partial charge is 0.274 e. The molecule has 5 heteroatoms. The van der Waals surface area contributed by atoms with Gasteiger partial charge in [0, 0.05) is 30.5 Å². The van der Waals surface area contributed by atoms with Gasteiger partial charge in [0.15, 0.2) is 0 Å². The second kappa shape index (κ2) is 5.36. The van der Waals surface area contributed by atoms with Gasteiger partial charge in [-0.3, -0.25) is 14.8 Å². The molecule has 0 fully saturated rings. The molecule has 98 valence electrons. The minimum Gasteiger partial charge on any atom is -0.324 e. The Kier molecular flexibility index (Phi) is 3.24. The van der Waals surface area contributed by atoms with Gasteiger partial charge in [0.2, 0.25) is 0 Å². The average Bonchev–Trinajstić information content (AvgIpc) is 3.03. The Morgan fingerprint density at radius 3 is 2.70 bits per heavy atom. The summed E-state index contributed by atoms with van der Waals surface area (Å²) < 4.78 is 1.92. The number of carbonyl (C=O) groups excluding carboxylic acids is 1. The number of nitrogens with zero attached hydrogens (tertiary/aromatic N) is 3. The minimum atomic E-state index is -0.257. The molecule has 3 aromatic rings. The van der Waals surface area contributed by atoms with E-state index in [0.29, 0.717) is 11.4 Å². The number of hydrogen-bond acceptors (Lipinski definition) is 3. The molecule has 3 aromatic heterocycles. The van der Waals surface area contributed by atoms with Gasteiger partial charge >= 0.3 is 0 Å². The van der Waals surface area contributed by atoms with Crippen molar-refractivity contribution in [3.63, 3.8) is 0 Å². The van der Waals surface area contributed by atoms with Gasteiger partial charge in [-0.15, -0.1) is 0 Å². The third kappa shape index (κ3) is 2.56. The Labute approximate surface area is 115 Å². The van der Waals surface area contributed by atoms with E-state index in [1.807, 2.05) is 35.2 Å². The van der Waals surface area contributed by atoms with Crippen LogP contribution in [0.3, 0.4) is 0 Å². The normalized spacial score (nSPS) is 10.2. The highest BCUT2D eigenvalue weighted by atomic mass is 16.1. The van der Waals surface area contributed by atoms with E-state index in [1.54, 1.807) is 36.8 Å². The molecule has 0 aliphatic heterocycles. The number of amides is 1. The SMILES string of the molecule is O=C(Nc1cccnc1)c1cc(-n2cccc2)ccn1. The lowest BCUT2D eigenvalue weighted by atomic mass is 10.3. The fraction of sp³-hybridized carbons (Fsp3) is 0. The van der Waals surface area contributed by atoms with Crippen molar-refractivity contribution in [2.24, 2.45) is 0 Å². The predicted octanol–water partition coefficient (Wildman–Crippen LogP) is 2.52. The number of pyridine rings is 2. The molecule has 0 spiro atoms. The van der Waals surface area contributed by atoms with E-state index in [2.05, 4.69) is 15.3 Å². The van der Waals surface area contributed by atoms with E-state index in [4.69, 9.17) is 0 Å². The standard InChI is InChI=1S/C15H12N4O/c20-15(18-12-4-3-6-16-11-12)14-10-13(5-7-17-14)19-8-1-2-9-19/h1-11H,(H,18,20). The number of nitrogens with one attached hydrogen (secondary N) is 1. The van der Waals surface area contributed by atoms with Gasteiger partial charge < -0.3 is 9.88 Å². The highest BCUT2D eigenvalue weighted by Crippen LogP contribution is 2.11. The molecule has 3 rings (SSSR count). The fourth-order valence-electron chi connectivity index (χ4n) is 1.84. The Hall–Kier alpha value is -2.95. The van der Waals surface area contributed by atoms with E-state index < -0.39 is 0 Å². The highest BCUT2D eigenvalue weighted by molar-refractivity contribution is 6.03. The van der Waals surface area contributed by atoms with Crippen molar-refractivity contribution in [2.75, 3.05) is 5.32 Å². The Balaban J connectivity index is 1.84. The Morgan fingerprint density at radius 2 is 1.95 bits per heavy atom. The van der Waals surface area contributed by atoms with Crippen molar-refractivity contribution in [1.82, 2.24) is 14.5 Å². The summed E-state index contributed by atoms with van der Waals surface area (Å²) in [6.45, 7) is 0. The first-order chi connectivity index (χ1) is 9.83. The van der Waals surface area contributed by atoms with Crippen LogP contribution in [0.15, 0.2) is 67.4 Å². The summed E-state index contributed by atoms with van der Waals surface area (Å²) in [5.41, 5.74) is 1.90. The van der Waals surface area contributed by atoms with Gasteiger partial charge in [0.1, 0.15) is 5.69 Å². The molecule has 0 saturated heterocycles. The zero-order valence-corrected chi connectivity index (χ0v) is 10.6. The number of hydrogen-bond donors (Lipinski definition) is 1. The van der Waals surface area contributed by atoms with E-state index in [1.165, 1.54) is 0 Å². The Bertz CT molecular complexity index is 708. The minimum absolute atomic E-state index is 0.257. The van der Waals surface area contributed by atoms with Crippen LogP contribution < -0.4 is 5.32 Å². The van der Waals surface area contributed by atoms with Crippen LogP contribution in [-0.4, -0.2) is 20.4 Å². The van der Waals surface area contributed by atoms with E-state index in [-0.39, 0.29) is 5.91 Å². The van der Waals surface area contributed by atoms with Crippen LogP contribution in [0.2, 0.25) is 0 Å². The van der Waals surface area contributed by atoms with E-state index >= 15 is 0 Å². The summed E-state index contributed by atoms with van der Waals surface area (Å²) in [5, 5.41) is 2.76. The maximum atomic E-state index is 12.1. The molecule has 0 radical (unpaired) electrons. The molecule has 0 saturated carbocycles. The molecule has 1 N–H and O–H groups in total. The van der Waals surface area contributed by atoms with Gasteiger partial charge in [0.25, 0.3) is 5.91 Å². The average molecular weight is 264 g/mol. The molecule has 20 heavy (non-hydrogen) atoms. The van der Waals surface area contributed by atoms with Crippen molar-refractivity contribution < 1.29 is 4.79 Å². The van der Waals surface area contributed by atoms with Crippen molar-refractivity contribution in [2.45, 2.75) is 0 Å².